The lowest BCUT2D eigenvalue weighted by atomic mass is 9.86. The molecule has 2 fully saturated rings. The second-order valence-electron chi connectivity index (χ2n) is 8.43. The minimum atomic E-state index is -4.64. The number of anilines is 2. The quantitative estimate of drug-likeness (QED) is 0.556. The van der Waals surface area contributed by atoms with Crippen molar-refractivity contribution < 1.29 is 30.7 Å². The van der Waals surface area contributed by atoms with E-state index in [9.17, 15) is 30.7 Å². The van der Waals surface area contributed by atoms with Crippen LogP contribution in [0.4, 0.5) is 42.6 Å². The van der Waals surface area contributed by atoms with Gasteiger partial charge in [0.05, 0.1) is 0 Å². The van der Waals surface area contributed by atoms with Crippen molar-refractivity contribution in [3.63, 3.8) is 0 Å². The summed E-state index contributed by atoms with van der Waals surface area (Å²) in [6, 6.07) is -0.894. The number of alkyl halides is 7. The van der Waals surface area contributed by atoms with E-state index in [1.165, 1.54) is 0 Å². The first kappa shape index (κ1) is 23.9. The van der Waals surface area contributed by atoms with E-state index in [2.05, 4.69) is 19.9 Å². The molecule has 0 aliphatic heterocycles. The number of nitrogens with zero attached hydrogens (tertiary/aromatic N) is 5. The number of nitrogen functional groups attached to an aromatic ring is 1. The first-order valence-electron chi connectivity index (χ1n) is 10.4. The molecule has 14 heteroatoms. The van der Waals surface area contributed by atoms with Crippen molar-refractivity contribution in [3.05, 3.63) is 10.4 Å². The molecule has 0 atom stereocenters. The molecule has 182 valence electrons. The van der Waals surface area contributed by atoms with Gasteiger partial charge in [-0.15, -0.1) is 11.3 Å². The molecule has 2 aliphatic carbocycles. The molecule has 2 heterocycles. The van der Waals surface area contributed by atoms with Gasteiger partial charge in [0.2, 0.25) is 23.7 Å². The number of thiazole rings is 1. The van der Waals surface area contributed by atoms with Gasteiger partial charge in [0.25, 0.3) is 0 Å². The van der Waals surface area contributed by atoms with Crippen molar-refractivity contribution in [1.82, 2.24) is 19.9 Å². The molecular weight excluding hydrogens is 477 g/mol. The molecule has 33 heavy (non-hydrogen) atoms. The summed E-state index contributed by atoms with van der Waals surface area (Å²) < 4.78 is 93.9. The Labute approximate surface area is 188 Å². The van der Waals surface area contributed by atoms with E-state index in [0.29, 0.717) is 11.3 Å². The van der Waals surface area contributed by atoms with E-state index in [0.717, 1.165) is 5.38 Å². The van der Waals surface area contributed by atoms with Crippen LogP contribution in [-0.2, 0) is 6.18 Å². The maximum absolute atomic E-state index is 13.8. The summed E-state index contributed by atoms with van der Waals surface area (Å²) in [6.07, 6.45) is -5.75. The van der Waals surface area contributed by atoms with E-state index in [1.54, 1.807) is 4.90 Å². The number of rotatable bonds is 4. The number of nitrogens with two attached hydrogens (primary N) is 1. The van der Waals surface area contributed by atoms with Crippen LogP contribution < -0.4 is 10.6 Å². The minimum Gasteiger partial charge on any atom is -0.368 e. The first-order chi connectivity index (χ1) is 15.3. The first-order valence-corrected chi connectivity index (χ1v) is 11.3. The van der Waals surface area contributed by atoms with Gasteiger partial charge >= 0.3 is 6.18 Å². The normalized spacial score (nSPS) is 21.8. The zero-order valence-electron chi connectivity index (χ0n) is 17.3. The van der Waals surface area contributed by atoms with Crippen LogP contribution >= 0.6 is 11.3 Å². The lowest BCUT2D eigenvalue weighted by molar-refractivity contribution is -0.137. The van der Waals surface area contributed by atoms with Crippen molar-refractivity contribution in [2.75, 3.05) is 10.6 Å². The van der Waals surface area contributed by atoms with Crippen LogP contribution in [0.1, 0.15) is 56.4 Å². The Bertz CT molecular complexity index is 947. The third-order valence-corrected chi connectivity index (χ3v) is 6.89. The molecule has 0 aromatic carbocycles. The average Bonchev–Trinajstić information content (AvgIpc) is 3.21. The molecule has 4 rings (SSSR count). The smallest absolute Gasteiger partial charge is 0.368 e. The summed E-state index contributed by atoms with van der Waals surface area (Å²) >= 11 is 0.369. The van der Waals surface area contributed by atoms with Gasteiger partial charge in [-0.25, -0.2) is 22.5 Å². The van der Waals surface area contributed by atoms with Gasteiger partial charge in [0.15, 0.2) is 10.8 Å². The fraction of sp³-hybridized carbons (Fsp3) is 0.684. The Morgan fingerprint density at radius 1 is 0.848 bits per heavy atom. The Morgan fingerprint density at radius 3 is 1.82 bits per heavy atom. The number of halogens is 7. The summed E-state index contributed by atoms with van der Waals surface area (Å²) in [4.78, 5) is 17.4. The largest absolute Gasteiger partial charge is 0.443 e. The van der Waals surface area contributed by atoms with E-state index < -0.39 is 35.1 Å². The van der Waals surface area contributed by atoms with Gasteiger partial charge in [-0.1, -0.05) is 0 Å². The van der Waals surface area contributed by atoms with E-state index in [-0.39, 0.29) is 74.8 Å². The highest BCUT2D eigenvalue weighted by molar-refractivity contribution is 7.10. The highest BCUT2D eigenvalue weighted by atomic mass is 32.1. The standard InChI is InChI=1S/C19H21F7N6S/c20-17(21)5-1-10(2-6-17)32(11-3-7-18(22,23)8-4-11)16-30-13(29-15(27)31-16)12-9-33-14(28-12)19(24,25)26/h9-11H,1-8H2,(H2,27,29,30,31). The van der Waals surface area contributed by atoms with Crippen molar-refractivity contribution >= 4 is 23.2 Å². The van der Waals surface area contributed by atoms with Crippen LogP contribution in [0.3, 0.4) is 0 Å². The van der Waals surface area contributed by atoms with E-state index in [4.69, 9.17) is 5.73 Å². The predicted octanol–water partition coefficient (Wildman–Crippen LogP) is 5.56. The van der Waals surface area contributed by atoms with Crippen LogP contribution in [0.5, 0.6) is 0 Å². The maximum atomic E-state index is 13.8. The zero-order valence-corrected chi connectivity index (χ0v) is 18.1. The molecule has 2 N–H and O–H groups in total. The van der Waals surface area contributed by atoms with Crippen LogP contribution in [-0.4, -0.2) is 43.9 Å². The SMILES string of the molecule is Nc1nc(-c2csc(C(F)(F)F)n2)nc(N(C2CCC(F)(F)CC2)C2CCC(F)(F)CC2)n1. The maximum Gasteiger partial charge on any atom is 0.443 e. The van der Waals surface area contributed by atoms with Crippen molar-refractivity contribution in [2.45, 2.75) is 81.5 Å². The van der Waals surface area contributed by atoms with Crippen LogP contribution in [0, 0.1) is 0 Å². The molecule has 2 aromatic heterocycles. The topological polar surface area (TPSA) is 80.8 Å². The minimum absolute atomic E-state index is 0.0236. The Morgan fingerprint density at radius 2 is 1.36 bits per heavy atom. The number of aromatic nitrogens is 4. The van der Waals surface area contributed by atoms with E-state index in [1.807, 2.05) is 0 Å². The third kappa shape index (κ3) is 5.46. The van der Waals surface area contributed by atoms with Gasteiger partial charge in [0, 0.05) is 43.1 Å². The number of hydrogen-bond acceptors (Lipinski definition) is 7. The third-order valence-electron chi connectivity index (χ3n) is 6.01. The second kappa shape index (κ2) is 8.51. The summed E-state index contributed by atoms with van der Waals surface area (Å²) in [5.41, 5.74) is 5.64. The van der Waals surface area contributed by atoms with Gasteiger partial charge < -0.3 is 10.6 Å². The molecular formula is C19H21F7N6S. The summed E-state index contributed by atoms with van der Waals surface area (Å²) in [5, 5.41) is 0.0486. The lowest BCUT2D eigenvalue weighted by Gasteiger charge is -2.43. The van der Waals surface area contributed by atoms with E-state index >= 15 is 0 Å². The Kier molecular flexibility index (Phi) is 6.16. The number of hydrogen-bond donors (Lipinski definition) is 1. The highest BCUT2D eigenvalue weighted by Crippen LogP contribution is 2.41. The fourth-order valence-corrected chi connectivity index (χ4v) is 5.01. The summed E-state index contributed by atoms with van der Waals surface area (Å²) in [5.74, 6) is -6.12. The molecule has 6 nitrogen and oxygen atoms in total. The zero-order chi connectivity index (χ0) is 24.0. The van der Waals surface area contributed by atoms with Crippen LogP contribution in [0.2, 0.25) is 0 Å². The van der Waals surface area contributed by atoms with Crippen molar-refractivity contribution in [1.29, 1.82) is 0 Å². The lowest BCUT2D eigenvalue weighted by Crippen LogP contribution is -2.50. The molecule has 0 spiro atoms. The van der Waals surface area contributed by atoms with Gasteiger partial charge in [-0.05, 0) is 25.7 Å². The summed E-state index contributed by atoms with van der Waals surface area (Å²) in [7, 11) is 0. The van der Waals surface area contributed by atoms with Gasteiger partial charge in [-0.2, -0.15) is 28.1 Å². The second-order valence-corrected chi connectivity index (χ2v) is 9.29. The molecule has 2 aliphatic rings. The predicted molar refractivity (Wildman–Crippen MR) is 107 cm³/mol. The van der Waals surface area contributed by atoms with Gasteiger partial charge in [0.1, 0.15) is 5.69 Å². The molecule has 2 saturated carbocycles. The molecule has 0 unspecified atom stereocenters. The van der Waals surface area contributed by atoms with Crippen molar-refractivity contribution in [3.8, 4) is 11.5 Å². The molecule has 2 aromatic rings. The van der Waals surface area contributed by atoms with Gasteiger partial charge in [-0.3, -0.25) is 0 Å². The van der Waals surface area contributed by atoms with Crippen LogP contribution in [0.15, 0.2) is 5.38 Å². The average molecular weight is 498 g/mol. The fourth-order valence-electron chi connectivity index (χ4n) is 4.35. The van der Waals surface area contributed by atoms with Crippen molar-refractivity contribution in [2.24, 2.45) is 0 Å². The molecule has 0 radical (unpaired) electrons. The Hall–Kier alpha value is -2.25. The molecule has 0 amide bonds. The molecule has 0 bridgehead atoms. The monoisotopic (exact) mass is 498 g/mol. The Balaban J connectivity index is 1.68. The highest BCUT2D eigenvalue weighted by Gasteiger charge is 2.43. The molecule has 0 saturated heterocycles. The summed E-state index contributed by atoms with van der Waals surface area (Å²) in [6.45, 7) is 0. The van der Waals surface area contributed by atoms with Crippen LogP contribution in [0.25, 0.3) is 11.5 Å².